The third-order valence-corrected chi connectivity index (χ3v) is 4.19. The zero-order valence-corrected chi connectivity index (χ0v) is 12.8. The van der Waals surface area contributed by atoms with E-state index in [1.165, 1.54) is 0 Å². The van der Waals surface area contributed by atoms with Crippen molar-refractivity contribution < 1.29 is 9.32 Å². The van der Waals surface area contributed by atoms with E-state index in [1.807, 2.05) is 23.1 Å². The van der Waals surface area contributed by atoms with Crippen molar-refractivity contribution in [3.8, 4) is 11.4 Å². The normalized spacial score (nSPS) is 19.2. The van der Waals surface area contributed by atoms with Gasteiger partial charge in [0.2, 0.25) is 17.6 Å². The van der Waals surface area contributed by atoms with Crippen molar-refractivity contribution >= 4 is 17.5 Å². The lowest BCUT2D eigenvalue weighted by atomic mass is 10.0. The molecule has 0 aliphatic carbocycles. The Morgan fingerprint density at radius 2 is 2.23 bits per heavy atom. The highest BCUT2D eigenvalue weighted by Gasteiger charge is 2.28. The van der Waals surface area contributed by atoms with Crippen LogP contribution >= 0.6 is 11.6 Å². The molecule has 1 amide bonds. The van der Waals surface area contributed by atoms with Gasteiger partial charge in [-0.05, 0) is 31.5 Å². The number of likely N-dealkylation sites (tertiary alicyclic amines) is 1. The summed E-state index contributed by atoms with van der Waals surface area (Å²) < 4.78 is 5.29. The zero-order chi connectivity index (χ0) is 15.5. The van der Waals surface area contributed by atoms with E-state index in [1.54, 1.807) is 6.07 Å². The number of carbonyl (C=O) groups is 1. The van der Waals surface area contributed by atoms with Crippen molar-refractivity contribution in [3.63, 3.8) is 0 Å². The van der Waals surface area contributed by atoms with Crippen LogP contribution in [0.15, 0.2) is 28.8 Å². The first-order valence-electron chi connectivity index (χ1n) is 7.26. The molecule has 0 bridgehead atoms. The maximum absolute atomic E-state index is 11.5. The summed E-state index contributed by atoms with van der Waals surface area (Å²) >= 11 is 6.13. The van der Waals surface area contributed by atoms with Gasteiger partial charge >= 0.3 is 0 Å². The first kappa shape index (κ1) is 15.0. The third kappa shape index (κ3) is 3.13. The van der Waals surface area contributed by atoms with Crippen LogP contribution < -0.4 is 5.73 Å². The second kappa shape index (κ2) is 6.46. The second-order valence-electron chi connectivity index (χ2n) is 5.38. The number of nitrogens with two attached hydrogens (primary N) is 1. The molecule has 1 aromatic carbocycles. The van der Waals surface area contributed by atoms with Crippen molar-refractivity contribution in [1.29, 1.82) is 0 Å². The van der Waals surface area contributed by atoms with Gasteiger partial charge in [0.15, 0.2) is 0 Å². The van der Waals surface area contributed by atoms with Gasteiger partial charge in [0.25, 0.3) is 0 Å². The molecule has 0 radical (unpaired) electrons. The Kier molecular flexibility index (Phi) is 4.40. The number of piperidine rings is 1. The lowest BCUT2D eigenvalue weighted by molar-refractivity contribution is -0.124. The lowest BCUT2D eigenvalue weighted by Gasteiger charge is -2.32. The summed E-state index contributed by atoms with van der Waals surface area (Å²) in [6.07, 6.45) is 2.83. The first-order valence-corrected chi connectivity index (χ1v) is 7.64. The number of hydrogen-bond acceptors (Lipinski definition) is 5. The van der Waals surface area contributed by atoms with Gasteiger partial charge in [0, 0.05) is 5.56 Å². The van der Waals surface area contributed by atoms with Crippen molar-refractivity contribution in [2.24, 2.45) is 5.73 Å². The summed E-state index contributed by atoms with van der Waals surface area (Å²) in [6.45, 7) is 1.22. The molecule has 1 aliphatic heterocycles. The molecule has 1 atom stereocenters. The minimum Gasteiger partial charge on any atom is -0.368 e. The largest absolute Gasteiger partial charge is 0.368 e. The van der Waals surface area contributed by atoms with Crippen molar-refractivity contribution in [2.45, 2.75) is 31.8 Å². The second-order valence-corrected chi connectivity index (χ2v) is 5.78. The summed E-state index contributed by atoms with van der Waals surface area (Å²) in [7, 11) is 0. The molecule has 1 aliphatic rings. The van der Waals surface area contributed by atoms with Crippen LogP contribution in [0.4, 0.5) is 0 Å². The third-order valence-electron chi connectivity index (χ3n) is 3.86. The molecule has 1 aromatic heterocycles. The van der Waals surface area contributed by atoms with E-state index in [2.05, 4.69) is 10.1 Å². The fourth-order valence-corrected chi connectivity index (χ4v) is 2.97. The van der Waals surface area contributed by atoms with Crippen LogP contribution in [0.5, 0.6) is 0 Å². The summed E-state index contributed by atoms with van der Waals surface area (Å²) in [5.41, 5.74) is 6.19. The Labute approximate surface area is 133 Å². The molecule has 6 nitrogen and oxygen atoms in total. The van der Waals surface area contributed by atoms with E-state index in [0.717, 1.165) is 31.4 Å². The van der Waals surface area contributed by atoms with E-state index in [4.69, 9.17) is 21.9 Å². The molecule has 0 unspecified atom stereocenters. The van der Waals surface area contributed by atoms with Gasteiger partial charge in [-0.1, -0.05) is 35.3 Å². The van der Waals surface area contributed by atoms with Crippen LogP contribution in [0.25, 0.3) is 11.4 Å². The van der Waals surface area contributed by atoms with Gasteiger partial charge < -0.3 is 10.3 Å². The number of amides is 1. The highest BCUT2D eigenvalue weighted by molar-refractivity contribution is 6.33. The smallest absolute Gasteiger partial charge is 0.241 e. The summed E-state index contributed by atoms with van der Waals surface area (Å²) in [5.74, 6) is 0.613. The predicted molar refractivity (Wildman–Crippen MR) is 82.0 cm³/mol. The standard InChI is InChI=1S/C15H17ClN4O2/c16-11-6-2-1-5-10(11)15-18-13(22-19-15)9-20-8-4-3-7-12(20)14(17)21/h1-2,5-6,12H,3-4,7-9H2,(H2,17,21)/t12-/m0/s1. The molecule has 2 heterocycles. The minimum atomic E-state index is -0.300. The van der Waals surface area contributed by atoms with Gasteiger partial charge in [-0.15, -0.1) is 0 Å². The highest BCUT2D eigenvalue weighted by Crippen LogP contribution is 2.25. The molecule has 2 N–H and O–H groups in total. The topological polar surface area (TPSA) is 85.3 Å². The number of carbonyl (C=O) groups excluding carboxylic acids is 1. The number of rotatable bonds is 4. The van der Waals surface area contributed by atoms with E-state index < -0.39 is 0 Å². The monoisotopic (exact) mass is 320 g/mol. The Balaban J connectivity index is 1.77. The fourth-order valence-electron chi connectivity index (χ4n) is 2.75. The van der Waals surface area contributed by atoms with Crippen molar-refractivity contribution in [2.75, 3.05) is 6.54 Å². The van der Waals surface area contributed by atoms with Crippen LogP contribution in [-0.2, 0) is 11.3 Å². The number of halogens is 1. The van der Waals surface area contributed by atoms with E-state index in [0.29, 0.717) is 23.3 Å². The Hall–Kier alpha value is -1.92. The summed E-state index contributed by atoms with van der Waals surface area (Å²) in [5, 5.41) is 4.54. The molecule has 7 heteroatoms. The van der Waals surface area contributed by atoms with Gasteiger partial charge in [-0.25, -0.2) is 0 Å². The summed E-state index contributed by atoms with van der Waals surface area (Å²) in [4.78, 5) is 17.9. The van der Waals surface area contributed by atoms with E-state index in [9.17, 15) is 4.79 Å². The molecular formula is C15H17ClN4O2. The highest BCUT2D eigenvalue weighted by atomic mass is 35.5. The molecule has 2 aromatic rings. The number of aromatic nitrogens is 2. The molecule has 0 saturated carbocycles. The average molecular weight is 321 g/mol. The quantitative estimate of drug-likeness (QED) is 0.933. The van der Waals surface area contributed by atoms with Gasteiger partial charge in [0.1, 0.15) is 0 Å². The minimum absolute atomic E-state index is 0.260. The fraction of sp³-hybridized carbons (Fsp3) is 0.400. The lowest BCUT2D eigenvalue weighted by Crippen LogP contribution is -2.47. The van der Waals surface area contributed by atoms with Crippen molar-refractivity contribution in [3.05, 3.63) is 35.2 Å². The molecular weight excluding hydrogens is 304 g/mol. The van der Waals surface area contributed by atoms with Crippen LogP contribution in [-0.4, -0.2) is 33.5 Å². The van der Waals surface area contributed by atoms with Crippen LogP contribution in [0.2, 0.25) is 5.02 Å². The van der Waals surface area contributed by atoms with Crippen LogP contribution in [0, 0.1) is 0 Å². The zero-order valence-electron chi connectivity index (χ0n) is 12.0. The Morgan fingerprint density at radius 1 is 1.41 bits per heavy atom. The summed E-state index contributed by atoms with van der Waals surface area (Å²) in [6, 6.07) is 7.07. The average Bonchev–Trinajstić information content (AvgIpc) is 2.96. The number of primary amides is 1. The molecule has 3 rings (SSSR count). The Morgan fingerprint density at radius 3 is 3.00 bits per heavy atom. The molecule has 22 heavy (non-hydrogen) atoms. The number of hydrogen-bond donors (Lipinski definition) is 1. The van der Waals surface area contributed by atoms with Gasteiger partial charge in [-0.2, -0.15) is 4.98 Å². The van der Waals surface area contributed by atoms with E-state index in [-0.39, 0.29) is 11.9 Å². The molecule has 116 valence electrons. The maximum atomic E-state index is 11.5. The first-order chi connectivity index (χ1) is 10.6. The number of nitrogens with zero attached hydrogens (tertiary/aromatic N) is 3. The maximum Gasteiger partial charge on any atom is 0.241 e. The SMILES string of the molecule is NC(=O)[C@@H]1CCCCN1Cc1nc(-c2ccccc2Cl)no1. The van der Waals surface area contributed by atoms with Gasteiger partial charge in [0.05, 0.1) is 17.6 Å². The molecule has 1 saturated heterocycles. The van der Waals surface area contributed by atoms with Crippen molar-refractivity contribution in [1.82, 2.24) is 15.0 Å². The Bertz CT molecular complexity index is 673. The van der Waals surface area contributed by atoms with E-state index >= 15 is 0 Å². The molecule has 0 spiro atoms. The van der Waals surface area contributed by atoms with Crippen LogP contribution in [0.1, 0.15) is 25.2 Å². The molecule has 1 fully saturated rings. The van der Waals surface area contributed by atoms with Crippen LogP contribution in [0.3, 0.4) is 0 Å². The van der Waals surface area contributed by atoms with Gasteiger partial charge in [-0.3, -0.25) is 9.69 Å². The predicted octanol–water partition coefficient (Wildman–Crippen LogP) is 2.23. The number of benzene rings is 1.